The molecule has 25 heavy (non-hydrogen) atoms. The number of hydrogen-bond donors (Lipinski definition) is 2. The number of halogens is 1. The van der Waals surface area contributed by atoms with Crippen molar-refractivity contribution >= 4 is 53.2 Å². The molecule has 3 aromatic rings. The van der Waals surface area contributed by atoms with E-state index in [1.54, 1.807) is 6.20 Å². The van der Waals surface area contributed by atoms with Crippen LogP contribution in [0.4, 0.5) is 23.1 Å². The maximum atomic E-state index is 6.29. The van der Waals surface area contributed by atoms with Gasteiger partial charge in [0.1, 0.15) is 5.02 Å². The monoisotopic (exact) mass is 370 g/mol. The lowest BCUT2D eigenvalue weighted by Crippen LogP contribution is -2.11. The second kappa shape index (κ2) is 7.30. The van der Waals surface area contributed by atoms with Gasteiger partial charge in [-0.25, -0.2) is 4.98 Å². The van der Waals surface area contributed by atoms with E-state index in [2.05, 4.69) is 46.3 Å². The molecule has 0 saturated heterocycles. The third-order valence-electron chi connectivity index (χ3n) is 3.58. The van der Waals surface area contributed by atoms with Crippen molar-refractivity contribution in [2.24, 2.45) is 0 Å². The maximum Gasteiger partial charge on any atom is 0.229 e. The molecular formula is C19H20ClN4P. The van der Waals surface area contributed by atoms with E-state index in [0.717, 1.165) is 11.4 Å². The van der Waals surface area contributed by atoms with Crippen molar-refractivity contribution in [1.82, 2.24) is 9.97 Å². The van der Waals surface area contributed by atoms with Crippen LogP contribution in [0.5, 0.6) is 0 Å². The van der Waals surface area contributed by atoms with Gasteiger partial charge in [-0.2, -0.15) is 4.98 Å². The maximum absolute atomic E-state index is 6.29. The fourth-order valence-electron chi connectivity index (χ4n) is 2.40. The largest absolute Gasteiger partial charge is 0.338 e. The van der Waals surface area contributed by atoms with E-state index in [1.807, 2.05) is 48.5 Å². The highest BCUT2D eigenvalue weighted by atomic mass is 35.5. The van der Waals surface area contributed by atoms with Gasteiger partial charge in [0.05, 0.1) is 6.20 Å². The van der Waals surface area contributed by atoms with Crippen molar-refractivity contribution in [3.8, 4) is 0 Å². The molecule has 0 aliphatic heterocycles. The van der Waals surface area contributed by atoms with Crippen LogP contribution >= 0.6 is 18.5 Å². The summed E-state index contributed by atoms with van der Waals surface area (Å²) < 4.78 is 0. The summed E-state index contributed by atoms with van der Waals surface area (Å²) >= 11 is 6.29. The SMILES string of the molecule is C=P(C)(C)c1ccccc1Nc1nc(Nc2ccccc2)ncc1Cl. The molecule has 2 aromatic carbocycles. The van der Waals surface area contributed by atoms with E-state index >= 15 is 0 Å². The molecule has 0 bridgehead atoms. The van der Waals surface area contributed by atoms with Crippen LogP contribution in [0.3, 0.4) is 0 Å². The molecule has 0 radical (unpaired) electrons. The Kier molecular flexibility index (Phi) is 5.12. The highest BCUT2D eigenvalue weighted by Crippen LogP contribution is 2.38. The molecule has 3 rings (SSSR count). The minimum atomic E-state index is -1.44. The Hall–Kier alpha value is -2.29. The zero-order valence-electron chi connectivity index (χ0n) is 14.2. The minimum Gasteiger partial charge on any atom is -0.338 e. The fraction of sp³-hybridized carbons (Fsp3) is 0.105. The predicted octanol–water partition coefficient (Wildman–Crippen LogP) is 4.95. The van der Waals surface area contributed by atoms with E-state index in [1.165, 1.54) is 5.30 Å². The van der Waals surface area contributed by atoms with Gasteiger partial charge < -0.3 is 10.6 Å². The first-order valence-electron chi connectivity index (χ1n) is 7.83. The number of nitrogens with zero attached hydrogens (tertiary/aromatic N) is 2. The number of nitrogens with one attached hydrogen (secondary N) is 2. The lowest BCUT2D eigenvalue weighted by atomic mass is 10.3. The summed E-state index contributed by atoms with van der Waals surface area (Å²) in [5.74, 6) is 1.05. The average Bonchev–Trinajstić information content (AvgIpc) is 2.58. The zero-order valence-corrected chi connectivity index (χ0v) is 15.9. The number of rotatable bonds is 5. The zero-order chi connectivity index (χ0) is 17.9. The summed E-state index contributed by atoms with van der Waals surface area (Å²) in [6, 6.07) is 17.9. The molecule has 0 spiro atoms. The van der Waals surface area contributed by atoms with Gasteiger partial charge in [-0.3, -0.25) is 0 Å². The molecule has 0 amide bonds. The second-order valence-electron chi connectivity index (χ2n) is 6.21. The topological polar surface area (TPSA) is 49.8 Å². The highest BCUT2D eigenvalue weighted by Gasteiger charge is 2.12. The number of hydrogen-bond acceptors (Lipinski definition) is 4. The lowest BCUT2D eigenvalue weighted by Gasteiger charge is -2.19. The standard InChI is InChI=1S/C19H20ClN4P/c1-25(2,3)17-12-8-7-11-16(17)23-18-15(20)13-21-19(24-18)22-14-9-5-4-6-10-14/h4-13H,1H2,2-3H3,(H2,21,22,23,24). The molecule has 0 unspecified atom stereocenters. The van der Waals surface area contributed by atoms with E-state index < -0.39 is 6.89 Å². The number of anilines is 4. The summed E-state index contributed by atoms with van der Waals surface area (Å²) in [5, 5.41) is 8.18. The van der Waals surface area contributed by atoms with Crippen LogP contribution < -0.4 is 15.9 Å². The first kappa shape index (κ1) is 17.5. The van der Waals surface area contributed by atoms with Crippen molar-refractivity contribution in [2.45, 2.75) is 0 Å². The molecule has 2 N–H and O–H groups in total. The molecule has 1 heterocycles. The van der Waals surface area contributed by atoms with Gasteiger partial charge in [-0.15, -0.1) is 0 Å². The van der Waals surface area contributed by atoms with Crippen LogP contribution in [0.2, 0.25) is 5.02 Å². The van der Waals surface area contributed by atoms with Crippen molar-refractivity contribution < 1.29 is 0 Å². The van der Waals surface area contributed by atoms with E-state index in [0.29, 0.717) is 16.8 Å². The molecule has 0 aliphatic rings. The van der Waals surface area contributed by atoms with Crippen molar-refractivity contribution in [1.29, 1.82) is 0 Å². The Balaban J connectivity index is 1.91. The first-order chi connectivity index (χ1) is 11.9. The van der Waals surface area contributed by atoms with Gasteiger partial charge in [-0.1, -0.05) is 61.2 Å². The van der Waals surface area contributed by atoms with Crippen LogP contribution in [0.15, 0.2) is 60.8 Å². The Morgan fingerprint density at radius 1 is 0.960 bits per heavy atom. The highest BCUT2D eigenvalue weighted by molar-refractivity contribution is 7.79. The molecule has 128 valence electrons. The average molecular weight is 371 g/mol. The summed E-state index contributed by atoms with van der Waals surface area (Å²) in [4.78, 5) is 8.76. The molecule has 0 aliphatic carbocycles. The summed E-state index contributed by atoms with van der Waals surface area (Å²) in [7, 11) is 0. The van der Waals surface area contributed by atoms with E-state index in [-0.39, 0.29) is 0 Å². The fourth-order valence-corrected chi connectivity index (χ4v) is 3.81. The smallest absolute Gasteiger partial charge is 0.229 e. The van der Waals surface area contributed by atoms with Crippen molar-refractivity contribution in [3.63, 3.8) is 0 Å². The molecule has 0 atom stereocenters. The molecule has 0 saturated carbocycles. The summed E-state index contributed by atoms with van der Waals surface area (Å²) in [6.45, 7) is 2.92. The lowest BCUT2D eigenvalue weighted by molar-refractivity contribution is 1.17. The molecule has 1 aromatic heterocycles. The Labute approximate surface area is 153 Å². The van der Waals surface area contributed by atoms with E-state index in [9.17, 15) is 0 Å². The van der Waals surface area contributed by atoms with Gasteiger partial charge in [-0.05, 0) is 36.8 Å². The predicted molar refractivity (Wildman–Crippen MR) is 112 cm³/mol. The van der Waals surface area contributed by atoms with Gasteiger partial charge >= 0.3 is 0 Å². The Bertz CT molecular complexity index is 922. The third kappa shape index (κ3) is 4.41. The Morgan fingerprint density at radius 3 is 2.36 bits per heavy atom. The van der Waals surface area contributed by atoms with E-state index in [4.69, 9.17) is 11.6 Å². The van der Waals surface area contributed by atoms with Gasteiger partial charge in [0.25, 0.3) is 0 Å². The Morgan fingerprint density at radius 2 is 1.64 bits per heavy atom. The van der Waals surface area contributed by atoms with Crippen molar-refractivity contribution in [3.05, 3.63) is 65.8 Å². The number of benzene rings is 2. The van der Waals surface area contributed by atoms with Gasteiger partial charge in [0, 0.05) is 11.4 Å². The summed E-state index contributed by atoms with van der Waals surface area (Å²) in [6.07, 6.45) is 5.92. The number of para-hydroxylation sites is 2. The van der Waals surface area contributed by atoms with Gasteiger partial charge in [0.15, 0.2) is 5.82 Å². The molecule has 6 heteroatoms. The molecule has 0 fully saturated rings. The summed E-state index contributed by atoms with van der Waals surface area (Å²) in [5.41, 5.74) is 1.89. The van der Waals surface area contributed by atoms with Crippen molar-refractivity contribution in [2.75, 3.05) is 24.0 Å². The van der Waals surface area contributed by atoms with Crippen LogP contribution in [-0.4, -0.2) is 29.6 Å². The first-order valence-corrected chi connectivity index (χ1v) is 11.1. The van der Waals surface area contributed by atoms with Crippen LogP contribution in [0.25, 0.3) is 0 Å². The van der Waals surface area contributed by atoms with Gasteiger partial charge in [0.2, 0.25) is 5.95 Å². The molecule has 4 nitrogen and oxygen atoms in total. The number of aromatic nitrogens is 2. The normalized spacial score (nSPS) is 11.2. The molecular weight excluding hydrogens is 351 g/mol. The van der Waals surface area contributed by atoms with Crippen LogP contribution in [0.1, 0.15) is 0 Å². The second-order valence-corrected chi connectivity index (χ2v) is 10.5. The third-order valence-corrected chi connectivity index (χ3v) is 5.55. The van der Waals surface area contributed by atoms with Crippen LogP contribution in [-0.2, 0) is 0 Å². The minimum absolute atomic E-state index is 0.466. The quantitative estimate of drug-likeness (QED) is 0.624. The van der Waals surface area contributed by atoms with Crippen LogP contribution in [0, 0.1) is 0 Å².